The predicted octanol–water partition coefficient (Wildman–Crippen LogP) is 3.27. The number of anilines is 2. The highest BCUT2D eigenvalue weighted by Crippen LogP contribution is 2.41. The number of piperidine rings is 1. The first kappa shape index (κ1) is 24.4. The molecule has 0 aliphatic carbocycles. The standard InChI is InChI=1S/C26H28N4O5S/c1-35-15-5-14-30-23-11-10-22(20-8-2-9-21(24(20)23)26(30)32)28-25(31)18-6-4-13-29(17-18)36(33,34)19-7-3-12-27-16-19/h2-3,7-12,16,18H,4-6,13-15,17H2,1H3,(H,28,31). The van der Waals surface area contributed by atoms with Crippen LogP contribution in [0.2, 0.25) is 0 Å². The predicted molar refractivity (Wildman–Crippen MR) is 136 cm³/mol. The van der Waals surface area contributed by atoms with Gasteiger partial charge in [-0.25, -0.2) is 8.42 Å². The maximum absolute atomic E-state index is 13.3. The molecule has 2 aliphatic heterocycles. The fourth-order valence-corrected chi connectivity index (χ4v) is 6.49. The van der Waals surface area contributed by atoms with Gasteiger partial charge in [0.05, 0.1) is 11.6 Å². The van der Waals surface area contributed by atoms with Crippen molar-refractivity contribution in [3.8, 4) is 0 Å². The Morgan fingerprint density at radius 2 is 2.06 bits per heavy atom. The molecule has 1 N–H and O–H groups in total. The second kappa shape index (κ2) is 9.96. The summed E-state index contributed by atoms with van der Waals surface area (Å²) in [6, 6.07) is 12.3. The van der Waals surface area contributed by atoms with Crippen LogP contribution in [0.25, 0.3) is 10.8 Å². The van der Waals surface area contributed by atoms with Crippen molar-refractivity contribution in [1.29, 1.82) is 0 Å². The first-order chi connectivity index (χ1) is 17.4. The lowest BCUT2D eigenvalue weighted by Gasteiger charge is -2.31. The fourth-order valence-electron chi connectivity index (χ4n) is 5.00. The van der Waals surface area contributed by atoms with Crippen molar-refractivity contribution >= 4 is 44.0 Å². The van der Waals surface area contributed by atoms with E-state index in [0.717, 1.165) is 22.9 Å². The maximum Gasteiger partial charge on any atom is 0.258 e. The number of hydrogen-bond acceptors (Lipinski definition) is 6. The van der Waals surface area contributed by atoms with E-state index in [9.17, 15) is 18.0 Å². The molecule has 1 aromatic heterocycles. The molecule has 9 nitrogen and oxygen atoms in total. The number of carbonyl (C=O) groups is 2. The van der Waals surface area contributed by atoms with Gasteiger partial charge in [0.1, 0.15) is 4.90 Å². The van der Waals surface area contributed by atoms with Crippen molar-refractivity contribution in [2.24, 2.45) is 5.92 Å². The van der Waals surface area contributed by atoms with Crippen molar-refractivity contribution in [3.63, 3.8) is 0 Å². The Balaban J connectivity index is 1.37. The zero-order chi connectivity index (χ0) is 25.3. The van der Waals surface area contributed by atoms with E-state index in [1.54, 1.807) is 24.1 Å². The van der Waals surface area contributed by atoms with Gasteiger partial charge < -0.3 is 15.0 Å². The summed E-state index contributed by atoms with van der Waals surface area (Å²) in [5.74, 6) is -0.776. The molecule has 10 heteroatoms. The largest absolute Gasteiger partial charge is 0.385 e. The smallest absolute Gasteiger partial charge is 0.258 e. The number of aromatic nitrogens is 1. The van der Waals surface area contributed by atoms with Gasteiger partial charge >= 0.3 is 0 Å². The summed E-state index contributed by atoms with van der Waals surface area (Å²) in [5.41, 5.74) is 2.05. The molecule has 1 saturated heterocycles. The molecule has 0 bridgehead atoms. The molecule has 1 fully saturated rings. The molecule has 2 aliphatic rings. The number of rotatable bonds is 8. The first-order valence-electron chi connectivity index (χ1n) is 12.0. The van der Waals surface area contributed by atoms with Crippen molar-refractivity contribution in [3.05, 3.63) is 60.4 Å². The molecule has 36 heavy (non-hydrogen) atoms. The zero-order valence-corrected chi connectivity index (χ0v) is 20.8. The van der Waals surface area contributed by atoms with Crippen molar-refractivity contribution < 1.29 is 22.7 Å². The molecule has 2 amide bonds. The van der Waals surface area contributed by atoms with Crippen LogP contribution < -0.4 is 10.2 Å². The van der Waals surface area contributed by atoms with Crippen molar-refractivity contribution in [2.45, 2.75) is 24.2 Å². The molecule has 0 saturated carbocycles. The number of sulfonamides is 1. The molecule has 1 atom stereocenters. The van der Waals surface area contributed by atoms with Gasteiger partial charge in [-0.1, -0.05) is 12.1 Å². The molecule has 0 radical (unpaired) electrons. The van der Waals surface area contributed by atoms with Crippen LogP contribution in [0.3, 0.4) is 0 Å². The quantitative estimate of drug-likeness (QED) is 0.468. The van der Waals surface area contributed by atoms with E-state index in [2.05, 4.69) is 10.3 Å². The maximum atomic E-state index is 13.3. The average molecular weight is 509 g/mol. The van der Waals surface area contributed by atoms with E-state index in [1.165, 1.54) is 22.8 Å². The Morgan fingerprint density at radius 3 is 2.83 bits per heavy atom. The summed E-state index contributed by atoms with van der Waals surface area (Å²) in [7, 11) is -2.09. The highest BCUT2D eigenvalue weighted by Gasteiger charge is 2.34. The molecule has 1 unspecified atom stereocenters. The van der Waals surface area contributed by atoms with E-state index in [-0.39, 0.29) is 23.3 Å². The second-order valence-electron chi connectivity index (χ2n) is 9.04. The Hall–Kier alpha value is -3.34. The lowest BCUT2D eigenvalue weighted by molar-refractivity contribution is -0.120. The molecule has 5 rings (SSSR count). The number of carbonyl (C=O) groups excluding carboxylic acids is 2. The third-order valence-electron chi connectivity index (χ3n) is 6.80. The second-order valence-corrected chi connectivity index (χ2v) is 11.0. The van der Waals surface area contributed by atoms with Crippen molar-refractivity contribution in [1.82, 2.24) is 9.29 Å². The van der Waals surface area contributed by atoms with E-state index in [1.807, 2.05) is 24.3 Å². The minimum absolute atomic E-state index is 0.0567. The normalized spacial score (nSPS) is 18.1. The van der Waals surface area contributed by atoms with Gasteiger partial charge in [0.25, 0.3) is 5.91 Å². The van der Waals surface area contributed by atoms with Gasteiger partial charge in [-0.2, -0.15) is 4.31 Å². The number of benzene rings is 2. The SMILES string of the molecule is COCCCN1C(=O)c2cccc3c(NC(=O)C4CCCN(S(=O)(=O)c5cccnc5)C4)ccc1c23. The molecule has 0 spiro atoms. The van der Waals surface area contributed by atoms with Crippen LogP contribution >= 0.6 is 0 Å². The summed E-state index contributed by atoms with van der Waals surface area (Å²) >= 11 is 0. The molecule has 2 aromatic carbocycles. The van der Waals surface area contributed by atoms with Gasteiger partial charge in [0.2, 0.25) is 15.9 Å². The van der Waals surface area contributed by atoms with Crippen LogP contribution in [0, 0.1) is 5.92 Å². The van der Waals surface area contributed by atoms with Gasteiger partial charge in [0.15, 0.2) is 0 Å². The first-order valence-corrected chi connectivity index (χ1v) is 13.4. The van der Waals surface area contributed by atoms with Gasteiger partial charge in [-0.3, -0.25) is 14.6 Å². The third-order valence-corrected chi connectivity index (χ3v) is 8.65. The summed E-state index contributed by atoms with van der Waals surface area (Å²) in [5, 5.41) is 4.62. The fraction of sp³-hybridized carbons (Fsp3) is 0.346. The Bertz CT molecular complexity index is 1410. The summed E-state index contributed by atoms with van der Waals surface area (Å²) in [6.45, 7) is 1.58. The summed E-state index contributed by atoms with van der Waals surface area (Å²) < 4.78 is 32.6. The lowest BCUT2D eigenvalue weighted by atomic mass is 9.98. The topological polar surface area (TPSA) is 109 Å². The minimum atomic E-state index is -3.72. The molecule has 3 aromatic rings. The van der Waals surface area contributed by atoms with E-state index in [0.29, 0.717) is 43.8 Å². The number of ether oxygens (including phenoxy) is 1. The summed E-state index contributed by atoms with van der Waals surface area (Å²) in [4.78, 5) is 32.1. The Labute approximate surface area is 210 Å². The molecule has 3 heterocycles. The third kappa shape index (κ3) is 4.36. The average Bonchev–Trinajstić information content (AvgIpc) is 3.18. The number of methoxy groups -OCH3 is 1. The zero-order valence-electron chi connectivity index (χ0n) is 20.0. The van der Waals surface area contributed by atoms with Crippen LogP contribution in [-0.2, 0) is 19.6 Å². The minimum Gasteiger partial charge on any atom is -0.385 e. The van der Waals surface area contributed by atoms with Gasteiger partial charge in [0, 0.05) is 67.8 Å². The van der Waals surface area contributed by atoms with Gasteiger partial charge in [-0.05, 0) is 49.6 Å². The van der Waals surface area contributed by atoms with Crippen LogP contribution in [0.15, 0.2) is 59.8 Å². The van der Waals surface area contributed by atoms with Gasteiger partial charge in [-0.15, -0.1) is 0 Å². The Kier molecular flexibility index (Phi) is 6.74. The monoisotopic (exact) mass is 508 g/mol. The van der Waals surface area contributed by atoms with Crippen LogP contribution in [0.4, 0.5) is 11.4 Å². The Morgan fingerprint density at radius 1 is 1.19 bits per heavy atom. The number of hydrogen-bond donors (Lipinski definition) is 1. The molecular formula is C26H28N4O5S. The number of nitrogens with one attached hydrogen (secondary N) is 1. The number of amides is 2. The van der Waals surface area contributed by atoms with Crippen LogP contribution in [0.1, 0.15) is 29.6 Å². The highest BCUT2D eigenvalue weighted by atomic mass is 32.2. The molecular weight excluding hydrogens is 480 g/mol. The van der Waals surface area contributed by atoms with E-state index >= 15 is 0 Å². The van der Waals surface area contributed by atoms with E-state index in [4.69, 9.17) is 4.74 Å². The lowest BCUT2D eigenvalue weighted by Crippen LogP contribution is -2.43. The molecule has 188 valence electrons. The number of nitrogens with zero attached hydrogens (tertiary/aromatic N) is 3. The van der Waals surface area contributed by atoms with Crippen molar-refractivity contribution in [2.75, 3.05) is 43.6 Å². The highest BCUT2D eigenvalue weighted by molar-refractivity contribution is 7.89. The number of pyridine rings is 1. The summed E-state index contributed by atoms with van der Waals surface area (Å²) in [6.07, 6.45) is 4.75. The van der Waals surface area contributed by atoms with Crippen LogP contribution in [0.5, 0.6) is 0 Å². The van der Waals surface area contributed by atoms with Crippen LogP contribution in [-0.4, -0.2) is 62.9 Å². The van der Waals surface area contributed by atoms with E-state index < -0.39 is 15.9 Å².